The summed E-state index contributed by atoms with van der Waals surface area (Å²) in [7, 11) is 0. The summed E-state index contributed by atoms with van der Waals surface area (Å²) in [6, 6.07) is 0. The number of rotatable bonds is 1. The zero-order chi connectivity index (χ0) is 11.9. The van der Waals surface area contributed by atoms with Crippen molar-refractivity contribution in [1.29, 1.82) is 0 Å². The molecule has 2 rings (SSSR count). The molecule has 4 heteroatoms. The van der Waals surface area contributed by atoms with Crippen LogP contribution in [0.3, 0.4) is 0 Å². The second kappa shape index (κ2) is 3.84. The van der Waals surface area contributed by atoms with E-state index in [1.807, 2.05) is 0 Å². The van der Waals surface area contributed by atoms with Gasteiger partial charge in [0.05, 0.1) is 5.69 Å². The molecule has 0 radical (unpaired) electrons. The summed E-state index contributed by atoms with van der Waals surface area (Å²) >= 11 is 1.35. The van der Waals surface area contributed by atoms with Gasteiger partial charge in [0.25, 0.3) is 0 Å². The van der Waals surface area contributed by atoms with Gasteiger partial charge in [0.1, 0.15) is 0 Å². The molecule has 0 aromatic carbocycles. The first-order chi connectivity index (χ1) is 7.38. The molecular formula is C12H17NO2S. The topological polar surface area (TPSA) is 50.2 Å². The molecule has 0 bridgehead atoms. The second-order valence-electron chi connectivity index (χ2n) is 5.50. The molecule has 88 valence electrons. The Balaban J connectivity index is 2.24. The monoisotopic (exact) mass is 239 g/mol. The average Bonchev–Trinajstić information content (AvgIpc) is 2.58. The molecule has 0 amide bonds. The van der Waals surface area contributed by atoms with Crippen molar-refractivity contribution in [2.75, 3.05) is 0 Å². The molecule has 16 heavy (non-hydrogen) atoms. The quantitative estimate of drug-likeness (QED) is 0.819. The Morgan fingerprint density at radius 3 is 2.75 bits per heavy atom. The van der Waals surface area contributed by atoms with E-state index in [0.29, 0.717) is 11.3 Å². The van der Waals surface area contributed by atoms with E-state index in [1.54, 1.807) is 0 Å². The van der Waals surface area contributed by atoms with Crippen molar-refractivity contribution in [1.82, 2.24) is 4.98 Å². The lowest BCUT2D eigenvalue weighted by atomic mass is 9.73. The van der Waals surface area contributed by atoms with Crippen molar-refractivity contribution in [2.24, 2.45) is 11.3 Å². The third-order valence-corrected chi connectivity index (χ3v) is 4.46. The Morgan fingerprint density at radius 2 is 2.19 bits per heavy atom. The first-order valence-corrected chi connectivity index (χ1v) is 6.41. The molecule has 0 aliphatic heterocycles. The molecule has 1 heterocycles. The molecule has 1 aromatic rings. The van der Waals surface area contributed by atoms with Crippen LogP contribution >= 0.6 is 11.3 Å². The predicted molar refractivity (Wildman–Crippen MR) is 64.0 cm³/mol. The van der Waals surface area contributed by atoms with Crippen molar-refractivity contribution >= 4 is 17.3 Å². The Kier molecular flexibility index (Phi) is 2.78. The average molecular weight is 239 g/mol. The number of hydrogen-bond donors (Lipinski definition) is 1. The lowest BCUT2D eigenvalue weighted by molar-refractivity contribution is 0.0696. The van der Waals surface area contributed by atoms with Crippen molar-refractivity contribution in [3.63, 3.8) is 0 Å². The molecule has 1 aliphatic rings. The maximum absolute atomic E-state index is 10.8. The number of aromatic nitrogens is 1. The van der Waals surface area contributed by atoms with Gasteiger partial charge in [0, 0.05) is 4.88 Å². The molecule has 1 aliphatic carbocycles. The molecule has 0 saturated carbocycles. The zero-order valence-corrected chi connectivity index (χ0v) is 10.7. The predicted octanol–water partition coefficient (Wildman–Crippen LogP) is 2.99. The molecule has 1 atom stereocenters. The normalized spacial score (nSPS) is 20.6. The number of aromatic carboxylic acids is 1. The van der Waals surface area contributed by atoms with Crippen molar-refractivity contribution < 1.29 is 9.90 Å². The van der Waals surface area contributed by atoms with Gasteiger partial charge < -0.3 is 5.11 Å². The number of hydrogen-bond acceptors (Lipinski definition) is 3. The molecule has 0 saturated heterocycles. The lowest BCUT2D eigenvalue weighted by Crippen LogP contribution is -2.26. The lowest BCUT2D eigenvalue weighted by Gasteiger charge is -2.33. The van der Waals surface area contributed by atoms with Gasteiger partial charge in [0.2, 0.25) is 5.01 Å². The summed E-state index contributed by atoms with van der Waals surface area (Å²) in [5.74, 6) is -0.256. The SMILES string of the molecule is CC(C)(C)[C@@H]1CCc2nc(C(=O)O)sc2C1. The van der Waals surface area contributed by atoms with Gasteiger partial charge >= 0.3 is 5.97 Å². The maximum atomic E-state index is 10.8. The van der Waals surface area contributed by atoms with Crippen molar-refractivity contribution in [3.05, 3.63) is 15.6 Å². The smallest absolute Gasteiger partial charge is 0.365 e. The van der Waals surface area contributed by atoms with Crippen LogP contribution in [0.1, 0.15) is 47.6 Å². The zero-order valence-electron chi connectivity index (χ0n) is 9.91. The van der Waals surface area contributed by atoms with Crippen LogP contribution in [0.5, 0.6) is 0 Å². The first-order valence-electron chi connectivity index (χ1n) is 5.60. The highest BCUT2D eigenvalue weighted by atomic mass is 32.1. The van der Waals surface area contributed by atoms with Gasteiger partial charge in [-0.1, -0.05) is 20.8 Å². The minimum Gasteiger partial charge on any atom is -0.476 e. The van der Waals surface area contributed by atoms with E-state index in [0.717, 1.165) is 25.0 Å². The van der Waals surface area contributed by atoms with Crippen LogP contribution in [0, 0.1) is 11.3 Å². The number of carboxylic acid groups (broad SMARTS) is 1. The number of thiazole rings is 1. The van der Waals surface area contributed by atoms with Crippen molar-refractivity contribution in [2.45, 2.75) is 40.0 Å². The summed E-state index contributed by atoms with van der Waals surface area (Å²) in [6.07, 6.45) is 3.05. The van der Waals surface area contributed by atoms with Gasteiger partial charge in [-0.05, 0) is 30.6 Å². The minimum absolute atomic E-state index is 0.250. The van der Waals surface area contributed by atoms with Gasteiger partial charge in [-0.3, -0.25) is 0 Å². The van der Waals surface area contributed by atoms with E-state index in [1.165, 1.54) is 16.2 Å². The number of carbonyl (C=O) groups is 1. The van der Waals surface area contributed by atoms with Crippen LogP contribution in [0.25, 0.3) is 0 Å². The fourth-order valence-corrected chi connectivity index (χ4v) is 3.23. The summed E-state index contributed by atoms with van der Waals surface area (Å²) < 4.78 is 0. The maximum Gasteiger partial charge on any atom is 0.365 e. The second-order valence-corrected chi connectivity index (χ2v) is 6.58. The molecule has 3 nitrogen and oxygen atoms in total. The number of aryl methyl sites for hydroxylation is 1. The van der Waals surface area contributed by atoms with E-state index in [4.69, 9.17) is 5.11 Å². The number of nitrogens with zero attached hydrogens (tertiary/aromatic N) is 1. The Bertz CT molecular complexity index is 417. The molecule has 1 N–H and O–H groups in total. The largest absolute Gasteiger partial charge is 0.476 e. The summed E-state index contributed by atoms with van der Waals surface area (Å²) in [6.45, 7) is 6.76. The van der Waals surface area contributed by atoms with E-state index in [-0.39, 0.29) is 5.01 Å². The third kappa shape index (κ3) is 2.12. The summed E-state index contributed by atoms with van der Waals surface area (Å²) in [4.78, 5) is 16.2. The van der Waals surface area contributed by atoms with Crippen LogP contribution in [0.4, 0.5) is 0 Å². The van der Waals surface area contributed by atoms with Gasteiger partial charge in [-0.25, -0.2) is 9.78 Å². The molecule has 1 aromatic heterocycles. The number of carboxylic acids is 1. The molecule has 0 unspecified atom stereocenters. The number of fused-ring (bicyclic) bond motifs is 1. The third-order valence-electron chi connectivity index (χ3n) is 3.35. The fraction of sp³-hybridized carbons (Fsp3) is 0.667. The summed E-state index contributed by atoms with van der Waals surface area (Å²) in [5.41, 5.74) is 1.31. The highest BCUT2D eigenvalue weighted by molar-refractivity contribution is 7.13. The highest BCUT2D eigenvalue weighted by Gasteiger charge is 2.31. The highest BCUT2D eigenvalue weighted by Crippen LogP contribution is 2.38. The fourth-order valence-electron chi connectivity index (χ4n) is 2.21. The summed E-state index contributed by atoms with van der Waals surface area (Å²) in [5, 5.41) is 9.16. The van der Waals surface area contributed by atoms with Gasteiger partial charge in [0.15, 0.2) is 0 Å². The Morgan fingerprint density at radius 1 is 1.50 bits per heavy atom. The van der Waals surface area contributed by atoms with Crippen LogP contribution in [-0.2, 0) is 12.8 Å². The van der Waals surface area contributed by atoms with Crippen molar-refractivity contribution in [3.8, 4) is 0 Å². The van der Waals surface area contributed by atoms with Crippen LogP contribution in [0.2, 0.25) is 0 Å². The van der Waals surface area contributed by atoms with E-state index in [9.17, 15) is 4.79 Å². The minimum atomic E-state index is -0.897. The van der Waals surface area contributed by atoms with Crippen LogP contribution < -0.4 is 0 Å². The Hall–Kier alpha value is -0.900. The Labute approximate surface area is 99.5 Å². The van der Waals surface area contributed by atoms with Crippen LogP contribution in [0.15, 0.2) is 0 Å². The van der Waals surface area contributed by atoms with E-state index in [2.05, 4.69) is 25.8 Å². The van der Waals surface area contributed by atoms with Gasteiger partial charge in [-0.15, -0.1) is 11.3 Å². The molecule has 0 fully saturated rings. The van der Waals surface area contributed by atoms with Gasteiger partial charge in [-0.2, -0.15) is 0 Å². The standard InChI is InChI=1S/C12H17NO2S/c1-12(2,3)7-4-5-8-9(6-7)16-10(13-8)11(14)15/h7H,4-6H2,1-3H3,(H,14,15)/t7-/m1/s1. The van der Waals surface area contributed by atoms with E-state index >= 15 is 0 Å². The first kappa shape index (κ1) is 11.6. The van der Waals surface area contributed by atoms with E-state index < -0.39 is 5.97 Å². The molecule has 0 spiro atoms. The van der Waals surface area contributed by atoms with Crippen LogP contribution in [-0.4, -0.2) is 16.1 Å². The molecular weight excluding hydrogens is 222 g/mol.